The van der Waals surface area contributed by atoms with Gasteiger partial charge in [0.05, 0.1) is 37.4 Å². The molecule has 7 heteroatoms. The zero-order chi connectivity index (χ0) is 16.2. The Morgan fingerprint density at radius 1 is 1.43 bits per heavy atom. The van der Waals surface area contributed by atoms with Crippen LogP contribution in [-0.4, -0.2) is 60.1 Å². The molecule has 1 unspecified atom stereocenters. The fourth-order valence-electron chi connectivity index (χ4n) is 2.77. The lowest BCUT2D eigenvalue weighted by molar-refractivity contribution is -0.143. The van der Waals surface area contributed by atoms with Crippen LogP contribution in [0.4, 0.5) is 0 Å². The van der Waals surface area contributed by atoms with Crippen LogP contribution in [0.15, 0.2) is 35.3 Å². The highest BCUT2D eigenvalue weighted by molar-refractivity contribution is 5.81. The molecule has 0 N–H and O–H groups in total. The molecule has 0 bridgehead atoms. The maximum atomic E-state index is 12.6. The first kappa shape index (κ1) is 15.6. The molecule has 2 aromatic rings. The van der Waals surface area contributed by atoms with Crippen molar-refractivity contribution in [1.82, 2.24) is 14.7 Å². The van der Waals surface area contributed by atoms with E-state index in [0.717, 1.165) is 5.39 Å². The number of ether oxygens (including phenoxy) is 2. The van der Waals surface area contributed by atoms with Gasteiger partial charge >= 0.3 is 0 Å². The summed E-state index contributed by atoms with van der Waals surface area (Å²) in [5.41, 5.74) is -0.256. The number of hydrogen-bond donors (Lipinski definition) is 0. The maximum Gasteiger partial charge on any atom is 0.275 e. The lowest BCUT2D eigenvalue weighted by atomic mass is 10.2. The number of rotatable bonds is 4. The Balaban J connectivity index is 1.82. The van der Waals surface area contributed by atoms with E-state index in [0.29, 0.717) is 31.8 Å². The fourth-order valence-corrected chi connectivity index (χ4v) is 2.77. The molecule has 0 aliphatic carbocycles. The summed E-state index contributed by atoms with van der Waals surface area (Å²) in [7, 11) is 1.59. The molecule has 1 aromatic carbocycles. The molecule has 0 saturated carbocycles. The zero-order valence-electron chi connectivity index (χ0n) is 13.0. The summed E-state index contributed by atoms with van der Waals surface area (Å²) in [5, 5.41) is 5.44. The van der Waals surface area contributed by atoms with Gasteiger partial charge in [-0.1, -0.05) is 18.2 Å². The van der Waals surface area contributed by atoms with Crippen LogP contribution < -0.4 is 5.56 Å². The second-order valence-corrected chi connectivity index (χ2v) is 5.47. The summed E-state index contributed by atoms with van der Waals surface area (Å²) in [6, 6.07) is 7.08. The van der Waals surface area contributed by atoms with Gasteiger partial charge in [0.25, 0.3) is 5.56 Å². The Hall–Kier alpha value is -2.25. The third-order valence-corrected chi connectivity index (χ3v) is 3.95. The first-order valence-electron chi connectivity index (χ1n) is 7.51. The smallest absolute Gasteiger partial charge is 0.275 e. The number of hydrogen-bond acceptors (Lipinski definition) is 5. The molecule has 1 atom stereocenters. The molecule has 2 heterocycles. The van der Waals surface area contributed by atoms with Crippen LogP contribution in [0.25, 0.3) is 10.8 Å². The van der Waals surface area contributed by atoms with Gasteiger partial charge < -0.3 is 14.4 Å². The summed E-state index contributed by atoms with van der Waals surface area (Å²) in [5.74, 6) is -0.153. The molecular weight excluding hydrogens is 298 g/mol. The van der Waals surface area contributed by atoms with Crippen molar-refractivity contribution in [3.63, 3.8) is 0 Å². The van der Waals surface area contributed by atoms with E-state index in [1.165, 1.54) is 4.68 Å². The van der Waals surface area contributed by atoms with E-state index in [4.69, 9.17) is 9.47 Å². The molecule has 1 aliphatic rings. The molecule has 1 aromatic heterocycles. The van der Waals surface area contributed by atoms with E-state index in [1.807, 2.05) is 12.1 Å². The van der Waals surface area contributed by atoms with Gasteiger partial charge in [-0.25, -0.2) is 4.68 Å². The molecule has 3 rings (SSSR count). The fraction of sp³-hybridized carbons (Fsp3) is 0.438. The lowest BCUT2D eigenvalue weighted by Crippen LogP contribution is -2.52. The average molecular weight is 317 g/mol. The van der Waals surface area contributed by atoms with Crippen LogP contribution in [0.3, 0.4) is 0 Å². The highest BCUT2D eigenvalue weighted by atomic mass is 16.5. The topological polar surface area (TPSA) is 73.7 Å². The standard InChI is InChI=1S/C16H19N3O4/c1-22-10-13-11-23-7-6-18(13)15(20)9-19-16(21)14-5-3-2-4-12(14)8-17-19/h2-5,8,13H,6-7,9-11H2,1H3. The number of fused-ring (bicyclic) bond motifs is 1. The van der Waals surface area contributed by atoms with Gasteiger partial charge in [-0.2, -0.15) is 5.10 Å². The van der Waals surface area contributed by atoms with Crippen molar-refractivity contribution in [1.29, 1.82) is 0 Å². The van der Waals surface area contributed by atoms with Crippen molar-refractivity contribution in [2.24, 2.45) is 0 Å². The van der Waals surface area contributed by atoms with Crippen LogP contribution in [0.2, 0.25) is 0 Å². The Morgan fingerprint density at radius 2 is 2.26 bits per heavy atom. The zero-order valence-corrected chi connectivity index (χ0v) is 13.0. The van der Waals surface area contributed by atoms with Gasteiger partial charge in [0.15, 0.2) is 0 Å². The van der Waals surface area contributed by atoms with Gasteiger partial charge in [-0.05, 0) is 6.07 Å². The number of carbonyl (C=O) groups is 1. The second kappa shape index (κ2) is 6.89. The number of benzene rings is 1. The summed E-state index contributed by atoms with van der Waals surface area (Å²) < 4.78 is 11.7. The van der Waals surface area contributed by atoms with E-state index in [1.54, 1.807) is 30.3 Å². The third-order valence-electron chi connectivity index (χ3n) is 3.95. The number of morpholine rings is 1. The van der Waals surface area contributed by atoms with Crippen LogP contribution in [0, 0.1) is 0 Å². The SMILES string of the molecule is COCC1COCCN1C(=O)Cn1ncc2ccccc2c1=O. The van der Waals surface area contributed by atoms with Crippen LogP contribution in [0.5, 0.6) is 0 Å². The molecule has 1 saturated heterocycles. The highest BCUT2D eigenvalue weighted by Gasteiger charge is 2.27. The van der Waals surface area contributed by atoms with Crippen molar-refractivity contribution < 1.29 is 14.3 Å². The first-order valence-corrected chi connectivity index (χ1v) is 7.51. The van der Waals surface area contributed by atoms with Crippen LogP contribution in [0.1, 0.15) is 0 Å². The Morgan fingerprint density at radius 3 is 3.09 bits per heavy atom. The first-order chi connectivity index (χ1) is 11.2. The van der Waals surface area contributed by atoms with E-state index in [-0.39, 0.29) is 24.1 Å². The van der Waals surface area contributed by atoms with Gasteiger partial charge in [0, 0.05) is 19.0 Å². The average Bonchev–Trinajstić information content (AvgIpc) is 2.58. The molecule has 0 radical (unpaired) electrons. The lowest BCUT2D eigenvalue weighted by Gasteiger charge is -2.35. The van der Waals surface area contributed by atoms with Crippen LogP contribution in [-0.2, 0) is 20.8 Å². The molecule has 1 aliphatic heterocycles. The normalized spacial score (nSPS) is 18.3. The minimum Gasteiger partial charge on any atom is -0.382 e. The predicted molar refractivity (Wildman–Crippen MR) is 84.2 cm³/mol. The number of nitrogens with zero attached hydrogens (tertiary/aromatic N) is 3. The minimum absolute atomic E-state index is 0.0795. The molecule has 1 fully saturated rings. The predicted octanol–water partition coefficient (Wildman–Crippen LogP) is 0.270. The number of carbonyl (C=O) groups excluding carboxylic acids is 1. The Kier molecular flexibility index (Phi) is 4.68. The summed E-state index contributed by atoms with van der Waals surface area (Å²) in [6.07, 6.45) is 1.61. The van der Waals surface area contributed by atoms with Crippen molar-refractivity contribution in [3.05, 3.63) is 40.8 Å². The molecular formula is C16H19N3O4. The number of amides is 1. The quantitative estimate of drug-likeness (QED) is 0.809. The third kappa shape index (κ3) is 3.25. The Labute approximate surface area is 133 Å². The summed E-state index contributed by atoms with van der Waals surface area (Å²) >= 11 is 0. The van der Waals surface area contributed by atoms with Gasteiger partial charge in [0.2, 0.25) is 5.91 Å². The van der Waals surface area contributed by atoms with E-state index in [2.05, 4.69) is 5.10 Å². The molecule has 1 amide bonds. The summed E-state index contributed by atoms with van der Waals surface area (Å²) in [4.78, 5) is 26.7. The largest absolute Gasteiger partial charge is 0.382 e. The molecule has 122 valence electrons. The highest BCUT2D eigenvalue weighted by Crippen LogP contribution is 2.10. The second-order valence-electron chi connectivity index (χ2n) is 5.47. The van der Waals surface area contributed by atoms with Gasteiger partial charge in [0.1, 0.15) is 6.54 Å². The molecule has 0 spiro atoms. The van der Waals surface area contributed by atoms with E-state index < -0.39 is 0 Å². The van der Waals surface area contributed by atoms with Crippen molar-refractivity contribution in [3.8, 4) is 0 Å². The van der Waals surface area contributed by atoms with Crippen molar-refractivity contribution in [2.75, 3.05) is 33.5 Å². The van der Waals surface area contributed by atoms with Crippen LogP contribution >= 0.6 is 0 Å². The minimum atomic E-state index is -0.256. The Bertz CT molecular complexity index is 756. The van der Waals surface area contributed by atoms with Gasteiger partial charge in [-0.3, -0.25) is 9.59 Å². The van der Waals surface area contributed by atoms with Crippen molar-refractivity contribution in [2.45, 2.75) is 12.6 Å². The maximum absolute atomic E-state index is 12.6. The molecule has 7 nitrogen and oxygen atoms in total. The summed E-state index contributed by atoms with van der Waals surface area (Å²) in [6.45, 7) is 1.76. The van der Waals surface area contributed by atoms with E-state index in [9.17, 15) is 9.59 Å². The number of aromatic nitrogens is 2. The van der Waals surface area contributed by atoms with Crippen molar-refractivity contribution >= 4 is 16.7 Å². The number of methoxy groups -OCH3 is 1. The monoisotopic (exact) mass is 317 g/mol. The van der Waals surface area contributed by atoms with Gasteiger partial charge in [-0.15, -0.1) is 0 Å². The molecule has 23 heavy (non-hydrogen) atoms. The van der Waals surface area contributed by atoms with E-state index >= 15 is 0 Å².